The molecule has 0 aliphatic rings. The first kappa shape index (κ1) is 17.3. The van der Waals surface area contributed by atoms with E-state index >= 15 is 0 Å². The van der Waals surface area contributed by atoms with Crippen LogP contribution < -0.4 is 10.5 Å². The highest BCUT2D eigenvalue weighted by molar-refractivity contribution is 7.89. The van der Waals surface area contributed by atoms with Gasteiger partial charge >= 0.3 is 0 Å². The maximum atomic E-state index is 13.5. The van der Waals surface area contributed by atoms with Crippen molar-refractivity contribution in [2.75, 3.05) is 5.32 Å². The average molecular weight is 365 g/mol. The molecule has 0 atom stereocenters. The Morgan fingerprint density at radius 1 is 1.09 bits per heavy atom. The molecule has 1 amide bonds. The van der Waals surface area contributed by atoms with Crippen molar-refractivity contribution in [3.8, 4) is 0 Å². The van der Waals surface area contributed by atoms with Gasteiger partial charge < -0.3 is 5.32 Å². The second kappa shape index (κ2) is 6.19. The molecule has 2 rings (SSSR count). The highest BCUT2D eigenvalue weighted by Crippen LogP contribution is 2.23. The lowest BCUT2D eigenvalue weighted by molar-refractivity contribution is 0.102. The molecule has 0 saturated heterocycles. The number of primary sulfonamides is 1. The fraction of sp³-hybridized carbons (Fsp3) is 0. The Hall–Kier alpha value is -2.10. The van der Waals surface area contributed by atoms with E-state index in [1.165, 1.54) is 0 Å². The molecule has 0 heterocycles. The third-order valence-corrected chi connectivity index (χ3v) is 4.18. The summed E-state index contributed by atoms with van der Waals surface area (Å²) in [5, 5.41) is 6.73. The molecule has 0 bridgehead atoms. The monoisotopic (exact) mass is 364 g/mol. The van der Waals surface area contributed by atoms with Gasteiger partial charge in [0.1, 0.15) is 4.90 Å². The van der Waals surface area contributed by atoms with E-state index < -0.39 is 44.0 Å². The molecule has 0 unspecified atom stereocenters. The number of carbonyl (C=O) groups excluding carboxylic acids is 1. The summed E-state index contributed by atoms with van der Waals surface area (Å²) in [6, 6.07) is 4.60. The quantitative estimate of drug-likeness (QED) is 0.820. The zero-order chi connectivity index (χ0) is 17.4. The largest absolute Gasteiger partial charge is 0.319 e. The molecule has 3 N–H and O–H groups in total. The predicted octanol–water partition coefficient (Wildman–Crippen LogP) is 2.66. The van der Waals surface area contributed by atoms with Crippen molar-refractivity contribution in [1.82, 2.24) is 0 Å². The van der Waals surface area contributed by atoms with Crippen LogP contribution in [0.25, 0.3) is 0 Å². The minimum atomic E-state index is -4.18. The van der Waals surface area contributed by atoms with Crippen LogP contribution in [-0.2, 0) is 10.0 Å². The standard InChI is InChI=1S/C13H8ClF3N2O3S/c14-7-2-1-6(5-10(7)23(18,21)22)13(20)19-9-4-3-8(15)11(16)12(9)17/h1-5H,(H,19,20)(H2,18,21,22). The summed E-state index contributed by atoms with van der Waals surface area (Å²) in [4.78, 5) is 11.5. The molecule has 10 heteroatoms. The number of carbonyl (C=O) groups is 1. The number of nitrogens with two attached hydrogens (primary N) is 1. The number of amides is 1. The van der Waals surface area contributed by atoms with Gasteiger partial charge in [-0.1, -0.05) is 11.6 Å². The maximum Gasteiger partial charge on any atom is 0.255 e. The highest BCUT2D eigenvalue weighted by Gasteiger charge is 2.19. The highest BCUT2D eigenvalue weighted by atomic mass is 35.5. The number of hydrogen-bond acceptors (Lipinski definition) is 3. The van der Waals surface area contributed by atoms with Crippen molar-refractivity contribution < 1.29 is 26.4 Å². The zero-order valence-electron chi connectivity index (χ0n) is 11.1. The van der Waals surface area contributed by atoms with Gasteiger partial charge in [-0.2, -0.15) is 0 Å². The predicted molar refractivity (Wildman–Crippen MR) is 77.1 cm³/mol. The van der Waals surface area contributed by atoms with E-state index in [1.54, 1.807) is 0 Å². The molecule has 0 radical (unpaired) electrons. The number of benzene rings is 2. The molecule has 2 aromatic carbocycles. The van der Waals surface area contributed by atoms with Gasteiger partial charge in [0.25, 0.3) is 5.91 Å². The van der Waals surface area contributed by atoms with E-state index in [1.807, 2.05) is 5.32 Å². The molecule has 2 aromatic rings. The van der Waals surface area contributed by atoms with Crippen molar-refractivity contribution in [2.24, 2.45) is 5.14 Å². The first-order valence-corrected chi connectivity index (χ1v) is 7.81. The van der Waals surface area contributed by atoms with Gasteiger partial charge in [-0.05, 0) is 30.3 Å². The molecular formula is C13H8ClF3N2O3S. The lowest BCUT2D eigenvalue weighted by atomic mass is 10.2. The zero-order valence-corrected chi connectivity index (χ0v) is 12.7. The summed E-state index contributed by atoms with van der Waals surface area (Å²) in [6.07, 6.45) is 0. The number of hydrogen-bond donors (Lipinski definition) is 2. The van der Waals surface area contributed by atoms with Crippen molar-refractivity contribution in [3.63, 3.8) is 0 Å². The van der Waals surface area contributed by atoms with Crippen molar-refractivity contribution in [3.05, 3.63) is 58.4 Å². The summed E-state index contributed by atoms with van der Waals surface area (Å²) in [7, 11) is -4.18. The van der Waals surface area contributed by atoms with Crippen LogP contribution in [0.4, 0.5) is 18.9 Å². The normalized spacial score (nSPS) is 11.3. The SMILES string of the molecule is NS(=O)(=O)c1cc(C(=O)Nc2ccc(F)c(F)c2F)ccc1Cl. The molecule has 0 aromatic heterocycles. The number of nitrogens with one attached hydrogen (secondary N) is 1. The molecule has 5 nitrogen and oxygen atoms in total. The Kier molecular flexibility index (Phi) is 4.64. The number of halogens is 4. The third kappa shape index (κ3) is 3.63. The Morgan fingerprint density at radius 3 is 2.35 bits per heavy atom. The van der Waals surface area contributed by atoms with Crippen LogP contribution in [0, 0.1) is 17.5 Å². The van der Waals surface area contributed by atoms with Crippen LogP contribution in [-0.4, -0.2) is 14.3 Å². The van der Waals surface area contributed by atoms with E-state index in [-0.39, 0.29) is 10.6 Å². The molecule has 0 aliphatic carbocycles. The lowest BCUT2D eigenvalue weighted by Crippen LogP contribution is -2.17. The van der Waals surface area contributed by atoms with Gasteiger partial charge in [0.15, 0.2) is 17.5 Å². The molecule has 0 spiro atoms. The summed E-state index contributed by atoms with van der Waals surface area (Å²) in [6.45, 7) is 0. The topological polar surface area (TPSA) is 89.3 Å². The lowest BCUT2D eigenvalue weighted by Gasteiger charge is -2.09. The van der Waals surface area contributed by atoms with Crippen molar-refractivity contribution in [1.29, 1.82) is 0 Å². The maximum absolute atomic E-state index is 13.5. The average Bonchev–Trinajstić information content (AvgIpc) is 2.47. The van der Waals surface area contributed by atoms with Crippen LogP contribution in [0.5, 0.6) is 0 Å². The fourth-order valence-electron chi connectivity index (χ4n) is 1.68. The van der Waals surface area contributed by atoms with Crippen LogP contribution >= 0.6 is 11.6 Å². The van der Waals surface area contributed by atoms with Gasteiger partial charge in [0, 0.05) is 5.56 Å². The summed E-state index contributed by atoms with van der Waals surface area (Å²) >= 11 is 5.67. The Balaban J connectivity index is 2.38. The van der Waals surface area contributed by atoms with Gasteiger partial charge in [-0.25, -0.2) is 26.7 Å². The van der Waals surface area contributed by atoms with Gasteiger partial charge in [0.2, 0.25) is 10.0 Å². The number of anilines is 1. The fourth-order valence-corrected chi connectivity index (χ4v) is 2.75. The second-order valence-corrected chi connectivity index (χ2v) is 6.30. The van der Waals surface area contributed by atoms with Gasteiger partial charge in [0.05, 0.1) is 10.7 Å². The van der Waals surface area contributed by atoms with Crippen LogP contribution in [0.15, 0.2) is 35.2 Å². The molecule has 0 aliphatic heterocycles. The van der Waals surface area contributed by atoms with Gasteiger partial charge in [-0.3, -0.25) is 4.79 Å². The molecule has 122 valence electrons. The van der Waals surface area contributed by atoms with E-state index in [4.69, 9.17) is 16.7 Å². The minimum absolute atomic E-state index is 0.206. The Bertz CT molecular complexity index is 904. The van der Waals surface area contributed by atoms with Gasteiger partial charge in [-0.15, -0.1) is 0 Å². The second-order valence-electron chi connectivity index (χ2n) is 4.37. The molecule has 0 saturated carbocycles. The molecule has 23 heavy (non-hydrogen) atoms. The Labute approximate surface area is 133 Å². The van der Waals surface area contributed by atoms with Crippen LogP contribution in [0.3, 0.4) is 0 Å². The van der Waals surface area contributed by atoms with E-state index in [0.717, 1.165) is 24.3 Å². The van der Waals surface area contributed by atoms with Crippen LogP contribution in [0.2, 0.25) is 5.02 Å². The number of rotatable bonds is 3. The molecular weight excluding hydrogens is 357 g/mol. The van der Waals surface area contributed by atoms with E-state index in [2.05, 4.69) is 0 Å². The summed E-state index contributed by atoms with van der Waals surface area (Å²) < 4.78 is 62.1. The smallest absolute Gasteiger partial charge is 0.255 e. The van der Waals surface area contributed by atoms with Crippen molar-refractivity contribution >= 4 is 33.2 Å². The van der Waals surface area contributed by atoms with Crippen molar-refractivity contribution in [2.45, 2.75) is 4.90 Å². The van der Waals surface area contributed by atoms with E-state index in [0.29, 0.717) is 6.07 Å². The summed E-state index contributed by atoms with van der Waals surface area (Å²) in [5.74, 6) is -5.71. The first-order valence-electron chi connectivity index (χ1n) is 5.88. The summed E-state index contributed by atoms with van der Waals surface area (Å²) in [5.41, 5.74) is -0.830. The number of sulfonamides is 1. The Morgan fingerprint density at radius 2 is 1.74 bits per heavy atom. The van der Waals surface area contributed by atoms with E-state index in [9.17, 15) is 26.4 Å². The molecule has 0 fully saturated rings. The van der Waals surface area contributed by atoms with Crippen LogP contribution in [0.1, 0.15) is 10.4 Å². The minimum Gasteiger partial charge on any atom is -0.319 e. The third-order valence-electron chi connectivity index (χ3n) is 2.78. The first-order chi connectivity index (χ1) is 10.6.